The van der Waals surface area contributed by atoms with E-state index < -0.39 is 0 Å². The molecule has 1 aliphatic heterocycles. The number of aromatic nitrogens is 2. The molecule has 1 aromatic carbocycles. The highest BCUT2D eigenvalue weighted by molar-refractivity contribution is 9.10. The fourth-order valence-corrected chi connectivity index (χ4v) is 2.87. The second-order valence-electron chi connectivity index (χ2n) is 5.15. The maximum Gasteiger partial charge on any atom is 0.289 e. The number of amides is 1. The molecule has 0 bridgehead atoms. The summed E-state index contributed by atoms with van der Waals surface area (Å²) in [7, 11) is 0. The molecule has 0 spiro atoms. The van der Waals surface area contributed by atoms with Crippen molar-refractivity contribution in [3.63, 3.8) is 0 Å². The summed E-state index contributed by atoms with van der Waals surface area (Å²) in [5.41, 5.74) is 2.00. The zero-order valence-corrected chi connectivity index (χ0v) is 12.6. The topological polar surface area (TPSA) is 62.1 Å². The fraction of sp³-hybridized carbons (Fsp3) is 0.200. The summed E-state index contributed by atoms with van der Waals surface area (Å²) in [5, 5.41) is 0. The zero-order chi connectivity index (χ0) is 14.4. The zero-order valence-electron chi connectivity index (χ0n) is 11.0. The molecule has 0 atom stereocenters. The number of nitrogens with one attached hydrogen (secondary N) is 1. The number of hydrogen-bond donors (Lipinski definition) is 1. The Morgan fingerprint density at radius 2 is 2.10 bits per heavy atom. The number of halogens is 1. The largest absolute Gasteiger partial charge is 0.444 e. The van der Waals surface area contributed by atoms with E-state index >= 15 is 0 Å². The molecule has 4 rings (SSSR count). The highest BCUT2D eigenvalue weighted by Gasteiger charge is 2.35. The number of furan rings is 1. The van der Waals surface area contributed by atoms with Gasteiger partial charge in [-0.2, -0.15) is 0 Å². The molecule has 1 fully saturated rings. The third-order valence-corrected chi connectivity index (χ3v) is 4.17. The molecular weight excluding hydrogens is 334 g/mol. The molecule has 1 saturated heterocycles. The lowest BCUT2D eigenvalue weighted by Gasteiger charge is -2.37. The summed E-state index contributed by atoms with van der Waals surface area (Å²) in [6, 6.07) is 11.4. The lowest BCUT2D eigenvalue weighted by atomic mass is 9.99. The Balaban J connectivity index is 1.48. The van der Waals surface area contributed by atoms with Gasteiger partial charge in [-0.15, -0.1) is 0 Å². The molecule has 106 valence electrons. The Labute approximate surface area is 129 Å². The number of nitrogens with zero attached hydrogens (tertiary/aromatic N) is 2. The smallest absolute Gasteiger partial charge is 0.289 e. The number of carbonyl (C=O) groups excluding carboxylic acids is 1. The van der Waals surface area contributed by atoms with Gasteiger partial charge in [-0.3, -0.25) is 4.79 Å². The van der Waals surface area contributed by atoms with Gasteiger partial charge in [-0.05, 0) is 40.2 Å². The highest BCUT2D eigenvalue weighted by atomic mass is 79.9. The Morgan fingerprint density at radius 1 is 1.29 bits per heavy atom. The lowest BCUT2D eigenvalue weighted by Crippen LogP contribution is -2.48. The van der Waals surface area contributed by atoms with Crippen LogP contribution in [0.5, 0.6) is 0 Å². The van der Waals surface area contributed by atoms with Gasteiger partial charge >= 0.3 is 0 Å². The molecule has 1 amide bonds. The lowest BCUT2D eigenvalue weighted by molar-refractivity contribution is 0.0561. The minimum absolute atomic E-state index is 0.0759. The van der Waals surface area contributed by atoms with Crippen LogP contribution >= 0.6 is 15.9 Å². The standard InChI is InChI=1S/C15H12BrN3O2/c16-13-6-5-12(21-13)15(20)19-7-9(8-19)14-17-10-3-1-2-4-11(10)18-14/h1-6,9H,7-8H2,(H,17,18). The monoisotopic (exact) mass is 345 g/mol. The average Bonchev–Trinajstić information content (AvgIpc) is 3.02. The van der Waals surface area contributed by atoms with Crippen molar-refractivity contribution in [1.29, 1.82) is 0 Å². The van der Waals surface area contributed by atoms with Gasteiger partial charge in [0.1, 0.15) is 5.82 Å². The van der Waals surface area contributed by atoms with Gasteiger partial charge < -0.3 is 14.3 Å². The molecule has 2 aromatic heterocycles. The number of benzene rings is 1. The second-order valence-corrected chi connectivity index (χ2v) is 5.93. The van der Waals surface area contributed by atoms with Gasteiger partial charge in [0.25, 0.3) is 5.91 Å². The van der Waals surface area contributed by atoms with Crippen LogP contribution in [0.15, 0.2) is 45.5 Å². The quantitative estimate of drug-likeness (QED) is 0.775. The number of imidazole rings is 1. The minimum atomic E-state index is -0.0759. The van der Waals surface area contributed by atoms with Crippen LogP contribution in [0.2, 0.25) is 0 Å². The molecule has 5 nitrogen and oxygen atoms in total. The van der Waals surface area contributed by atoms with Gasteiger partial charge in [0.05, 0.1) is 17.0 Å². The van der Waals surface area contributed by atoms with Crippen molar-refractivity contribution in [3.05, 3.63) is 52.7 Å². The molecule has 6 heteroatoms. The predicted octanol–water partition coefficient (Wildman–Crippen LogP) is 3.16. The van der Waals surface area contributed by atoms with Gasteiger partial charge in [-0.1, -0.05) is 12.1 Å². The van der Waals surface area contributed by atoms with Crippen molar-refractivity contribution in [2.45, 2.75) is 5.92 Å². The predicted molar refractivity (Wildman–Crippen MR) is 81.1 cm³/mol. The molecular formula is C15H12BrN3O2. The van der Waals surface area contributed by atoms with E-state index in [0.717, 1.165) is 16.9 Å². The molecule has 0 saturated carbocycles. The summed E-state index contributed by atoms with van der Waals surface area (Å²) < 4.78 is 5.86. The van der Waals surface area contributed by atoms with Crippen molar-refractivity contribution >= 4 is 32.9 Å². The van der Waals surface area contributed by atoms with Crippen LogP contribution in [-0.2, 0) is 0 Å². The first-order chi connectivity index (χ1) is 10.2. The second kappa shape index (κ2) is 4.73. The van der Waals surface area contributed by atoms with Crippen LogP contribution in [0.25, 0.3) is 11.0 Å². The SMILES string of the molecule is O=C(c1ccc(Br)o1)N1CC(c2nc3ccccc3[nH]2)C1. The number of fused-ring (bicyclic) bond motifs is 1. The number of likely N-dealkylation sites (tertiary alicyclic amines) is 1. The molecule has 0 unspecified atom stereocenters. The van der Waals surface area contributed by atoms with E-state index in [0.29, 0.717) is 23.5 Å². The Hall–Kier alpha value is -2.08. The summed E-state index contributed by atoms with van der Waals surface area (Å²) in [6.07, 6.45) is 0. The minimum Gasteiger partial charge on any atom is -0.444 e. The summed E-state index contributed by atoms with van der Waals surface area (Å²) in [6.45, 7) is 1.33. The maximum atomic E-state index is 12.2. The van der Waals surface area contributed by atoms with Crippen LogP contribution in [0.3, 0.4) is 0 Å². The Morgan fingerprint density at radius 3 is 2.81 bits per heavy atom. The first-order valence-electron chi connectivity index (χ1n) is 6.70. The molecule has 0 radical (unpaired) electrons. The molecule has 21 heavy (non-hydrogen) atoms. The summed E-state index contributed by atoms with van der Waals surface area (Å²) in [5.74, 6) is 1.50. The van der Waals surface area contributed by atoms with Gasteiger partial charge in [0, 0.05) is 13.1 Å². The van der Waals surface area contributed by atoms with Gasteiger partial charge in [-0.25, -0.2) is 4.98 Å². The first-order valence-corrected chi connectivity index (χ1v) is 7.49. The van der Waals surface area contributed by atoms with Crippen LogP contribution in [0.4, 0.5) is 0 Å². The number of H-pyrrole nitrogens is 1. The summed E-state index contributed by atoms with van der Waals surface area (Å²) >= 11 is 3.21. The third kappa shape index (κ3) is 2.15. The number of aromatic amines is 1. The van der Waals surface area contributed by atoms with Crippen molar-refractivity contribution in [2.24, 2.45) is 0 Å². The highest BCUT2D eigenvalue weighted by Crippen LogP contribution is 2.28. The van der Waals surface area contributed by atoms with E-state index in [1.165, 1.54) is 0 Å². The number of para-hydroxylation sites is 2. The number of rotatable bonds is 2. The van der Waals surface area contributed by atoms with Crippen molar-refractivity contribution < 1.29 is 9.21 Å². The Kier molecular flexibility index (Phi) is 2.85. The van der Waals surface area contributed by atoms with Crippen LogP contribution in [0, 0.1) is 0 Å². The van der Waals surface area contributed by atoms with Crippen molar-refractivity contribution in [3.8, 4) is 0 Å². The number of carbonyl (C=O) groups is 1. The fourth-order valence-electron chi connectivity index (χ4n) is 2.57. The van der Waals surface area contributed by atoms with Gasteiger partial charge in [0.15, 0.2) is 10.4 Å². The van der Waals surface area contributed by atoms with E-state index in [9.17, 15) is 4.79 Å². The maximum absolute atomic E-state index is 12.2. The van der Waals surface area contributed by atoms with E-state index in [1.807, 2.05) is 24.3 Å². The Bertz CT molecular complexity index is 784. The summed E-state index contributed by atoms with van der Waals surface area (Å²) in [4.78, 5) is 21.8. The molecule has 3 aromatic rings. The first kappa shape index (κ1) is 12.6. The van der Waals surface area contributed by atoms with Crippen LogP contribution in [-0.4, -0.2) is 33.9 Å². The van der Waals surface area contributed by atoms with E-state index in [2.05, 4.69) is 25.9 Å². The van der Waals surface area contributed by atoms with E-state index in [4.69, 9.17) is 4.42 Å². The van der Waals surface area contributed by atoms with E-state index in [1.54, 1.807) is 17.0 Å². The molecule has 1 N–H and O–H groups in total. The molecule has 1 aliphatic rings. The normalized spacial score (nSPS) is 15.4. The van der Waals surface area contributed by atoms with Gasteiger partial charge in [0.2, 0.25) is 0 Å². The van der Waals surface area contributed by atoms with E-state index in [-0.39, 0.29) is 11.8 Å². The van der Waals surface area contributed by atoms with Crippen molar-refractivity contribution in [1.82, 2.24) is 14.9 Å². The van der Waals surface area contributed by atoms with Crippen LogP contribution < -0.4 is 0 Å². The third-order valence-electron chi connectivity index (χ3n) is 3.75. The average molecular weight is 346 g/mol. The van der Waals surface area contributed by atoms with Crippen LogP contribution in [0.1, 0.15) is 22.3 Å². The van der Waals surface area contributed by atoms with Crippen molar-refractivity contribution in [2.75, 3.05) is 13.1 Å². The molecule has 3 heterocycles. The number of hydrogen-bond acceptors (Lipinski definition) is 3. The molecule has 0 aliphatic carbocycles.